The average molecular weight is 339 g/mol. The zero-order chi connectivity index (χ0) is 19.1. The van der Waals surface area contributed by atoms with E-state index < -0.39 is 23.3 Å². The van der Waals surface area contributed by atoms with Crippen molar-refractivity contribution in [1.82, 2.24) is 0 Å². The molecule has 0 aromatic rings. The SMILES string of the molecule is CCC(C)C(C(=O)OC(C)C)(C(C)CC)C(C#N)C(=O)OC(C)C. The number of hydrogen-bond donors (Lipinski definition) is 0. The Bertz CT molecular complexity index is 454. The summed E-state index contributed by atoms with van der Waals surface area (Å²) in [7, 11) is 0. The minimum atomic E-state index is -1.21. The van der Waals surface area contributed by atoms with Gasteiger partial charge in [-0.25, -0.2) is 0 Å². The third-order valence-corrected chi connectivity index (χ3v) is 4.75. The van der Waals surface area contributed by atoms with Crippen molar-refractivity contribution in [3.8, 4) is 6.07 Å². The average Bonchev–Trinajstić information content (AvgIpc) is 2.49. The van der Waals surface area contributed by atoms with Gasteiger partial charge in [0.05, 0.1) is 23.7 Å². The summed E-state index contributed by atoms with van der Waals surface area (Å²) in [6, 6.07) is 2.06. The lowest BCUT2D eigenvalue weighted by atomic mass is 9.59. The maximum atomic E-state index is 13.1. The molecule has 5 heteroatoms. The molecule has 0 heterocycles. The molecule has 138 valence electrons. The molecule has 0 aromatic carbocycles. The van der Waals surface area contributed by atoms with Crippen LogP contribution in [0.2, 0.25) is 0 Å². The van der Waals surface area contributed by atoms with Gasteiger partial charge in [-0.1, -0.05) is 40.5 Å². The molecular weight excluding hydrogens is 306 g/mol. The molecule has 0 saturated carbocycles. The van der Waals surface area contributed by atoms with Gasteiger partial charge in [0.1, 0.15) is 0 Å². The summed E-state index contributed by atoms with van der Waals surface area (Å²) in [6.07, 6.45) is 0.654. The summed E-state index contributed by atoms with van der Waals surface area (Å²) in [5.41, 5.74) is -1.21. The first-order valence-electron chi connectivity index (χ1n) is 8.90. The molecule has 0 aliphatic rings. The van der Waals surface area contributed by atoms with E-state index in [1.165, 1.54) is 0 Å². The fourth-order valence-electron chi connectivity index (χ4n) is 3.22. The van der Waals surface area contributed by atoms with E-state index in [-0.39, 0.29) is 24.0 Å². The zero-order valence-electron chi connectivity index (χ0n) is 16.4. The Morgan fingerprint density at radius 3 is 1.62 bits per heavy atom. The molecule has 0 radical (unpaired) electrons. The van der Waals surface area contributed by atoms with Gasteiger partial charge < -0.3 is 9.47 Å². The smallest absolute Gasteiger partial charge is 0.324 e. The highest BCUT2D eigenvalue weighted by Gasteiger charge is 2.57. The molecule has 0 rings (SSSR count). The number of hydrogen-bond acceptors (Lipinski definition) is 5. The van der Waals surface area contributed by atoms with Crippen LogP contribution in [-0.2, 0) is 19.1 Å². The van der Waals surface area contributed by atoms with E-state index >= 15 is 0 Å². The second-order valence-corrected chi connectivity index (χ2v) is 7.05. The molecular formula is C19H33NO4. The van der Waals surface area contributed by atoms with Crippen molar-refractivity contribution >= 4 is 11.9 Å². The van der Waals surface area contributed by atoms with E-state index in [9.17, 15) is 14.9 Å². The van der Waals surface area contributed by atoms with E-state index in [4.69, 9.17) is 9.47 Å². The summed E-state index contributed by atoms with van der Waals surface area (Å²) in [5.74, 6) is -2.69. The second kappa shape index (κ2) is 9.66. The van der Waals surface area contributed by atoms with Crippen LogP contribution in [0.4, 0.5) is 0 Å². The molecule has 0 aliphatic heterocycles. The van der Waals surface area contributed by atoms with Gasteiger partial charge in [-0.3, -0.25) is 9.59 Å². The van der Waals surface area contributed by atoms with Gasteiger partial charge in [-0.05, 0) is 39.5 Å². The van der Waals surface area contributed by atoms with Gasteiger partial charge in [-0.2, -0.15) is 5.26 Å². The Morgan fingerprint density at radius 1 is 0.917 bits per heavy atom. The fourth-order valence-corrected chi connectivity index (χ4v) is 3.22. The van der Waals surface area contributed by atoms with E-state index in [1.54, 1.807) is 27.7 Å². The summed E-state index contributed by atoms with van der Waals surface area (Å²) in [6.45, 7) is 14.7. The Morgan fingerprint density at radius 2 is 1.33 bits per heavy atom. The number of ether oxygens (including phenoxy) is 2. The largest absolute Gasteiger partial charge is 0.462 e. The summed E-state index contributed by atoms with van der Waals surface area (Å²) >= 11 is 0. The normalized spacial score (nSPS) is 17.5. The van der Waals surface area contributed by atoms with Gasteiger partial charge in [-0.15, -0.1) is 0 Å². The lowest BCUT2D eigenvalue weighted by Gasteiger charge is -2.43. The Balaban J connectivity index is 6.27. The van der Waals surface area contributed by atoms with Gasteiger partial charge in [0.15, 0.2) is 5.92 Å². The summed E-state index contributed by atoms with van der Waals surface area (Å²) < 4.78 is 10.8. The van der Waals surface area contributed by atoms with Crippen molar-refractivity contribution in [2.75, 3.05) is 0 Å². The molecule has 3 atom stereocenters. The molecule has 3 unspecified atom stereocenters. The van der Waals surface area contributed by atoms with Crippen molar-refractivity contribution in [3.05, 3.63) is 0 Å². The molecule has 5 nitrogen and oxygen atoms in total. The first kappa shape index (κ1) is 22.4. The molecule has 0 N–H and O–H groups in total. The molecule has 0 aromatic heterocycles. The Hall–Kier alpha value is -1.57. The van der Waals surface area contributed by atoms with Crippen LogP contribution in [0, 0.1) is 34.5 Å². The van der Waals surface area contributed by atoms with Gasteiger partial charge in [0.2, 0.25) is 0 Å². The molecule has 0 bridgehead atoms. The lowest BCUT2D eigenvalue weighted by molar-refractivity contribution is -0.181. The van der Waals surface area contributed by atoms with Crippen molar-refractivity contribution < 1.29 is 19.1 Å². The molecule has 0 aliphatic carbocycles. The third kappa shape index (κ3) is 4.72. The summed E-state index contributed by atoms with van der Waals surface area (Å²) in [5, 5.41) is 9.76. The number of carbonyl (C=O) groups excluding carboxylic acids is 2. The van der Waals surface area contributed by atoms with Crippen LogP contribution in [0.25, 0.3) is 0 Å². The highest BCUT2D eigenvalue weighted by Crippen LogP contribution is 2.47. The molecule has 0 spiro atoms. The van der Waals surface area contributed by atoms with Gasteiger partial charge >= 0.3 is 11.9 Å². The zero-order valence-corrected chi connectivity index (χ0v) is 16.4. The van der Waals surface area contributed by atoms with Gasteiger partial charge in [0, 0.05) is 0 Å². The maximum absolute atomic E-state index is 13.1. The van der Waals surface area contributed by atoms with Gasteiger partial charge in [0.25, 0.3) is 0 Å². The van der Waals surface area contributed by atoms with Crippen molar-refractivity contribution in [2.45, 2.75) is 80.4 Å². The first-order valence-corrected chi connectivity index (χ1v) is 8.90. The molecule has 0 amide bonds. The number of carbonyl (C=O) groups is 2. The third-order valence-electron chi connectivity index (χ3n) is 4.75. The van der Waals surface area contributed by atoms with E-state index in [2.05, 4.69) is 6.07 Å². The van der Waals surface area contributed by atoms with Crippen molar-refractivity contribution in [3.63, 3.8) is 0 Å². The molecule has 0 saturated heterocycles. The van der Waals surface area contributed by atoms with Crippen LogP contribution in [-0.4, -0.2) is 24.1 Å². The van der Waals surface area contributed by atoms with Crippen LogP contribution in [0.3, 0.4) is 0 Å². The maximum Gasteiger partial charge on any atom is 0.324 e. The number of nitrogens with zero attached hydrogens (tertiary/aromatic N) is 1. The second-order valence-electron chi connectivity index (χ2n) is 7.05. The minimum Gasteiger partial charge on any atom is -0.462 e. The predicted molar refractivity (Wildman–Crippen MR) is 92.9 cm³/mol. The quantitative estimate of drug-likeness (QED) is 0.591. The van der Waals surface area contributed by atoms with Crippen LogP contribution in [0.5, 0.6) is 0 Å². The van der Waals surface area contributed by atoms with Crippen molar-refractivity contribution in [2.24, 2.45) is 23.2 Å². The Kier molecular flexibility index (Phi) is 9.03. The van der Waals surface area contributed by atoms with Crippen LogP contribution >= 0.6 is 0 Å². The minimum absolute atomic E-state index is 0.192. The number of rotatable bonds is 9. The predicted octanol–water partition coefficient (Wildman–Crippen LogP) is 4.11. The molecule has 0 fully saturated rings. The number of esters is 2. The highest BCUT2D eigenvalue weighted by atomic mass is 16.6. The fraction of sp³-hybridized carbons (Fsp3) is 0.842. The lowest BCUT2D eigenvalue weighted by Crippen LogP contribution is -2.53. The first-order chi connectivity index (χ1) is 11.1. The standard InChI is InChI=1S/C19H33NO4/c1-9-14(7)19(15(8)10-2,18(22)24-13(5)6)16(11-20)17(21)23-12(3)4/h12-16H,9-10H2,1-8H3. The van der Waals surface area contributed by atoms with Crippen LogP contribution in [0.1, 0.15) is 68.2 Å². The van der Waals surface area contributed by atoms with Crippen LogP contribution in [0.15, 0.2) is 0 Å². The topological polar surface area (TPSA) is 76.4 Å². The summed E-state index contributed by atoms with van der Waals surface area (Å²) in [4.78, 5) is 25.7. The molecule has 24 heavy (non-hydrogen) atoms. The van der Waals surface area contributed by atoms with E-state index in [0.717, 1.165) is 0 Å². The number of nitriles is 1. The highest BCUT2D eigenvalue weighted by molar-refractivity contribution is 5.88. The van der Waals surface area contributed by atoms with E-state index in [1.807, 2.05) is 27.7 Å². The Labute approximate surface area is 146 Å². The monoisotopic (exact) mass is 339 g/mol. The van der Waals surface area contributed by atoms with Crippen molar-refractivity contribution in [1.29, 1.82) is 5.26 Å². The van der Waals surface area contributed by atoms with E-state index in [0.29, 0.717) is 12.8 Å². The van der Waals surface area contributed by atoms with Crippen LogP contribution < -0.4 is 0 Å².